The van der Waals surface area contributed by atoms with Crippen LogP contribution in [0, 0.1) is 0 Å². The average molecular weight is 312 g/mol. The molecule has 114 valence electrons. The van der Waals surface area contributed by atoms with Gasteiger partial charge in [-0.3, -0.25) is 9.78 Å². The lowest BCUT2D eigenvalue weighted by molar-refractivity contribution is -0.131. The van der Waals surface area contributed by atoms with Crippen LogP contribution in [0.3, 0.4) is 0 Å². The Morgan fingerprint density at radius 3 is 2.57 bits per heavy atom. The van der Waals surface area contributed by atoms with Crippen molar-refractivity contribution in [1.82, 2.24) is 10.3 Å². The minimum absolute atomic E-state index is 0.128. The van der Waals surface area contributed by atoms with Crippen LogP contribution in [0.5, 0.6) is 0 Å². The number of hydrogen-bond donors (Lipinski definition) is 2. The first-order valence-corrected chi connectivity index (χ1v) is 8.09. The highest BCUT2D eigenvalue weighted by Gasteiger charge is 2.14. The molecule has 2 N–H and O–H groups in total. The average Bonchev–Trinajstić information content (AvgIpc) is 2.34. The van der Waals surface area contributed by atoms with Gasteiger partial charge in [0.15, 0.2) is 0 Å². The molecule has 21 heavy (non-hydrogen) atoms. The van der Waals surface area contributed by atoms with Crippen molar-refractivity contribution in [3.63, 3.8) is 0 Å². The smallest absolute Gasteiger partial charge is 0.328 e. The second-order valence-corrected chi connectivity index (χ2v) is 6.80. The third-order valence-corrected chi connectivity index (χ3v) is 3.47. The Bertz CT molecular complexity index is 650. The Labute approximate surface area is 122 Å². The van der Waals surface area contributed by atoms with Gasteiger partial charge in [0.1, 0.15) is 15.5 Å². The molecule has 0 aliphatic rings. The summed E-state index contributed by atoms with van der Waals surface area (Å²) in [5.41, 5.74) is 0.668. The summed E-state index contributed by atoms with van der Waals surface area (Å²) in [6.45, 7) is 1.59. The van der Waals surface area contributed by atoms with E-state index in [2.05, 4.69) is 10.3 Å². The van der Waals surface area contributed by atoms with Gasteiger partial charge in [0.05, 0.1) is 5.75 Å². The van der Waals surface area contributed by atoms with E-state index in [1.807, 2.05) is 0 Å². The van der Waals surface area contributed by atoms with Crippen molar-refractivity contribution in [3.05, 3.63) is 35.7 Å². The number of nitrogens with zero attached hydrogens (tertiary/aromatic N) is 1. The minimum atomic E-state index is -3.17. The molecule has 0 aliphatic heterocycles. The number of pyridine rings is 1. The zero-order valence-electron chi connectivity index (χ0n) is 11.6. The number of sulfone groups is 1. The van der Waals surface area contributed by atoms with Crippen molar-refractivity contribution in [3.8, 4) is 0 Å². The molecule has 1 aromatic heterocycles. The largest absolute Gasteiger partial charge is 0.478 e. The van der Waals surface area contributed by atoms with Crippen LogP contribution < -0.4 is 5.32 Å². The first-order chi connectivity index (χ1) is 9.67. The molecule has 0 fully saturated rings. The highest BCUT2D eigenvalue weighted by molar-refractivity contribution is 7.90. The predicted octanol–water partition coefficient (Wildman–Crippen LogP) is 0.342. The van der Waals surface area contributed by atoms with Crippen LogP contribution in [0.4, 0.5) is 0 Å². The Balaban J connectivity index is 2.69. The summed E-state index contributed by atoms with van der Waals surface area (Å²) in [4.78, 5) is 26.1. The molecule has 1 unspecified atom stereocenters. The Morgan fingerprint density at radius 1 is 1.43 bits per heavy atom. The molecule has 7 nitrogen and oxygen atoms in total. The van der Waals surface area contributed by atoms with E-state index in [-0.39, 0.29) is 11.4 Å². The number of aliphatic carboxylic acids is 1. The predicted molar refractivity (Wildman–Crippen MR) is 77.5 cm³/mol. The molecule has 0 bridgehead atoms. The maximum atomic E-state index is 11.8. The summed E-state index contributed by atoms with van der Waals surface area (Å²) in [5.74, 6) is -1.72. The van der Waals surface area contributed by atoms with Crippen molar-refractivity contribution in [1.29, 1.82) is 0 Å². The molecule has 1 rings (SSSR count). The van der Waals surface area contributed by atoms with E-state index in [0.29, 0.717) is 5.56 Å². The summed E-state index contributed by atoms with van der Waals surface area (Å²) in [7, 11) is -3.17. The third kappa shape index (κ3) is 6.66. The monoisotopic (exact) mass is 312 g/mol. The molecule has 0 spiro atoms. The molecular weight excluding hydrogens is 296 g/mol. The fourth-order valence-corrected chi connectivity index (χ4v) is 2.59. The summed E-state index contributed by atoms with van der Waals surface area (Å²) in [6, 6.07) is 2.45. The van der Waals surface area contributed by atoms with E-state index in [1.54, 1.807) is 13.0 Å². The minimum Gasteiger partial charge on any atom is -0.478 e. The maximum Gasteiger partial charge on any atom is 0.328 e. The topological polar surface area (TPSA) is 113 Å². The Morgan fingerprint density at radius 2 is 2.10 bits per heavy atom. The number of aromatic nitrogens is 1. The summed E-state index contributed by atoms with van der Waals surface area (Å²) < 4.78 is 22.2. The van der Waals surface area contributed by atoms with Crippen molar-refractivity contribution in [2.45, 2.75) is 13.0 Å². The first kappa shape index (κ1) is 16.8. The second-order valence-electron chi connectivity index (χ2n) is 4.62. The zero-order valence-corrected chi connectivity index (χ0v) is 12.4. The van der Waals surface area contributed by atoms with Gasteiger partial charge < -0.3 is 10.4 Å². The lowest BCUT2D eigenvalue weighted by Gasteiger charge is -2.12. The van der Waals surface area contributed by atoms with E-state index in [1.165, 1.54) is 18.3 Å². The molecule has 1 amide bonds. The third-order valence-electron chi connectivity index (χ3n) is 2.37. The van der Waals surface area contributed by atoms with E-state index < -0.39 is 27.8 Å². The number of nitrogens with one attached hydrogen (secondary N) is 1. The number of carboxylic acid groups (broad SMARTS) is 1. The molecule has 0 saturated heterocycles. The van der Waals surface area contributed by atoms with Gasteiger partial charge >= 0.3 is 5.97 Å². The van der Waals surface area contributed by atoms with Crippen LogP contribution in [0.25, 0.3) is 6.08 Å². The van der Waals surface area contributed by atoms with Crippen molar-refractivity contribution in [2.24, 2.45) is 0 Å². The molecule has 0 aliphatic carbocycles. The van der Waals surface area contributed by atoms with Crippen molar-refractivity contribution in [2.75, 3.05) is 12.0 Å². The van der Waals surface area contributed by atoms with Crippen LogP contribution in [-0.2, 0) is 14.6 Å². The number of carbonyl (C=O) groups excluding carboxylic acids is 1. The van der Waals surface area contributed by atoms with Gasteiger partial charge in [0.25, 0.3) is 5.91 Å². The maximum absolute atomic E-state index is 11.8. The molecule has 0 aromatic carbocycles. The molecule has 0 radical (unpaired) electrons. The van der Waals surface area contributed by atoms with Crippen molar-refractivity contribution >= 4 is 27.8 Å². The molecule has 1 heterocycles. The number of carboxylic acids is 1. The first-order valence-electron chi connectivity index (χ1n) is 6.03. The number of carbonyl (C=O) groups is 2. The molecule has 0 saturated carbocycles. The molecular formula is C13H16N2O5S. The van der Waals surface area contributed by atoms with Gasteiger partial charge in [-0.2, -0.15) is 0 Å². The van der Waals surface area contributed by atoms with E-state index in [0.717, 1.165) is 12.3 Å². The molecule has 8 heteroatoms. The standard InChI is InChI=1S/C13H16N2O5S/c1-9(8-21(2,19)20)15-13(18)11-5-3-10(7-14-11)4-6-12(16)17/h3-7,9H,8H2,1-2H3,(H,15,18)(H,16,17). The lowest BCUT2D eigenvalue weighted by Crippen LogP contribution is -2.37. The number of rotatable bonds is 6. The highest BCUT2D eigenvalue weighted by atomic mass is 32.2. The summed E-state index contributed by atoms with van der Waals surface area (Å²) in [6.07, 6.45) is 4.77. The van der Waals surface area contributed by atoms with Gasteiger partial charge in [-0.15, -0.1) is 0 Å². The molecule has 1 atom stereocenters. The van der Waals surface area contributed by atoms with Crippen LogP contribution in [0.15, 0.2) is 24.4 Å². The van der Waals surface area contributed by atoms with Gasteiger partial charge in [-0.25, -0.2) is 13.2 Å². The van der Waals surface area contributed by atoms with E-state index >= 15 is 0 Å². The quantitative estimate of drug-likeness (QED) is 0.732. The second kappa shape index (κ2) is 6.98. The van der Waals surface area contributed by atoms with Gasteiger partial charge in [0.2, 0.25) is 0 Å². The van der Waals surface area contributed by atoms with Crippen LogP contribution in [-0.4, -0.2) is 48.4 Å². The number of amides is 1. The van der Waals surface area contributed by atoms with Crippen LogP contribution >= 0.6 is 0 Å². The van der Waals surface area contributed by atoms with Crippen molar-refractivity contribution < 1.29 is 23.1 Å². The molecule has 1 aromatic rings. The summed E-state index contributed by atoms with van der Waals surface area (Å²) >= 11 is 0. The Hall–Kier alpha value is -2.22. The normalized spacial score (nSPS) is 13.0. The van der Waals surface area contributed by atoms with E-state index in [9.17, 15) is 18.0 Å². The van der Waals surface area contributed by atoms with Gasteiger partial charge in [-0.1, -0.05) is 6.07 Å². The highest BCUT2D eigenvalue weighted by Crippen LogP contribution is 2.03. The van der Waals surface area contributed by atoms with Gasteiger partial charge in [0, 0.05) is 24.6 Å². The lowest BCUT2D eigenvalue weighted by atomic mass is 10.2. The van der Waals surface area contributed by atoms with Crippen LogP contribution in [0.1, 0.15) is 23.0 Å². The van der Waals surface area contributed by atoms with Gasteiger partial charge in [-0.05, 0) is 24.6 Å². The van der Waals surface area contributed by atoms with Crippen LogP contribution in [0.2, 0.25) is 0 Å². The zero-order chi connectivity index (χ0) is 16.0. The Kier molecular flexibility index (Phi) is 5.60. The fraction of sp³-hybridized carbons (Fsp3) is 0.308. The van der Waals surface area contributed by atoms with E-state index in [4.69, 9.17) is 5.11 Å². The fourth-order valence-electron chi connectivity index (χ4n) is 1.60. The summed E-state index contributed by atoms with van der Waals surface area (Å²) in [5, 5.41) is 11.0. The number of hydrogen-bond acceptors (Lipinski definition) is 5. The SMILES string of the molecule is CC(CS(C)(=O)=O)NC(=O)c1ccc(C=CC(=O)O)cn1.